The van der Waals surface area contributed by atoms with Gasteiger partial charge in [-0.2, -0.15) is 0 Å². The third kappa shape index (κ3) is 34.3. The number of phosphoric acid groups is 1. The molecule has 0 saturated carbocycles. The van der Waals surface area contributed by atoms with Crippen molar-refractivity contribution >= 4 is 86.1 Å². The summed E-state index contributed by atoms with van der Waals surface area (Å²) in [4.78, 5) is 91.4. The Balaban J connectivity index is 0.000000687. The minimum Gasteiger partial charge on any atom is -0.377 e. The van der Waals surface area contributed by atoms with Crippen molar-refractivity contribution in [2.45, 2.75) is 260 Å². The van der Waals surface area contributed by atoms with Gasteiger partial charge in [-0.1, -0.05) is 91.1 Å². The number of nitrogens with zero attached hydrogens (tertiary/aromatic N) is 3. The predicted molar refractivity (Wildman–Crippen MR) is 336 cm³/mol. The number of carbonyl (C=O) groups is 6. The summed E-state index contributed by atoms with van der Waals surface area (Å²) < 4.78 is 48.0. The number of amides is 3. The summed E-state index contributed by atoms with van der Waals surface area (Å²) >= 11 is 0. The van der Waals surface area contributed by atoms with Crippen molar-refractivity contribution in [2.24, 2.45) is 11.8 Å². The average molecular weight is 1260 g/mol. The lowest BCUT2D eigenvalue weighted by Gasteiger charge is -2.26. The van der Waals surface area contributed by atoms with Gasteiger partial charge in [-0.3, -0.25) is 37.8 Å². The zero-order chi connectivity index (χ0) is 61.4. The quantitative estimate of drug-likeness (QED) is 0.0330. The molecule has 0 aromatic rings. The summed E-state index contributed by atoms with van der Waals surface area (Å²) in [6.07, 6.45) is 7.93. The van der Waals surface area contributed by atoms with Gasteiger partial charge in [0.1, 0.15) is 17.3 Å². The fourth-order valence-electron chi connectivity index (χ4n) is 9.54. The van der Waals surface area contributed by atoms with Crippen LogP contribution in [0.15, 0.2) is 0 Å². The van der Waals surface area contributed by atoms with Crippen LogP contribution < -0.4 is 5.32 Å². The Morgan fingerprint density at radius 3 is 1.33 bits per heavy atom. The number of phosphoric ester groups is 1. The fourth-order valence-corrected chi connectivity index (χ4v) is 14.7. The topological polar surface area (TPSA) is 217 Å². The lowest BCUT2D eigenvalue weighted by atomic mass is 10.1. The number of Topliss-reactive ketones (excluding diaryl/α,β-unsaturated/α-hetero) is 3. The highest BCUT2D eigenvalue weighted by molar-refractivity contribution is 8.77. The molecule has 7 atom stereocenters. The smallest absolute Gasteiger partial charge is 0.377 e. The fraction of sp³-hybridized carbons (Fsp3) is 0.898. The Hall–Kier alpha value is -1.27. The minimum atomic E-state index is -4.57. The van der Waals surface area contributed by atoms with Crippen LogP contribution in [0, 0.1) is 11.8 Å². The first-order chi connectivity index (χ1) is 38.7. The number of unbranched alkanes of at least 4 members (excludes halogenated alkanes) is 2. The molecule has 82 heavy (non-hydrogen) atoms. The Labute approximate surface area is 510 Å². The monoisotopic (exact) mass is 1260 g/mol. The third-order valence-corrected chi connectivity index (χ3v) is 19.9. The van der Waals surface area contributed by atoms with E-state index in [1.807, 2.05) is 88.0 Å². The first-order valence-corrected chi connectivity index (χ1v) is 37.0. The lowest BCUT2D eigenvalue weighted by Crippen LogP contribution is -2.39. The molecule has 3 aliphatic rings. The molecule has 3 rings (SSSR count). The van der Waals surface area contributed by atoms with Crippen molar-refractivity contribution < 1.29 is 66.2 Å². The maximum Gasteiger partial charge on any atom is 0.472 e. The largest absolute Gasteiger partial charge is 0.472 e. The van der Waals surface area contributed by atoms with Crippen molar-refractivity contribution in [2.75, 3.05) is 69.0 Å². The van der Waals surface area contributed by atoms with Gasteiger partial charge in [-0.15, -0.1) is 0 Å². The summed E-state index contributed by atoms with van der Waals surface area (Å²) in [6, 6.07) is -0.277. The summed E-state index contributed by atoms with van der Waals surface area (Å²) in [5.74, 6) is 4.02. The number of rotatable bonds is 43. The summed E-state index contributed by atoms with van der Waals surface area (Å²) in [6.45, 7) is 30.3. The molecule has 3 amide bonds. The van der Waals surface area contributed by atoms with Crippen LogP contribution in [0.25, 0.3) is 0 Å². The Morgan fingerprint density at radius 2 is 0.902 bits per heavy atom. The van der Waals surface area contributed by atoms with Crippen molar-refractivity contribution in [1.29, 1.82) is 0 Å². The highest BCUT2D eigenvalue weighted by Gasteiger charge is 2.42. The van der Waals surface area contributed by atoms with Crippen LogP contribution in [0.3, 0.4) is 0 Å². The van der Waals surface area contributed by atoms with Crippen LogP contribution in [0.4, 0.5) is 0 Å². The molecule has 0 radical (unpaired) electrons. The SMILES string of the molecule is CC(C)NCCCCCC(=O)CCC(=O)N1C[C@H](OC(C)C)C[C@H]1COP(=O)(O)O[C@@H]1C[C@@H](COC(C)C)N(C(=O)CCCSSCCC(=O)C(C)C)C1.CC(C)OC[C@@H]1C[C@@H](OC(C)C)CN1C(=O)CCCSSCCC(=O)C(C)C. The third-order valence-electron chi connectivity index (χ3n) is 13.8. The standard InChI is InChI=1S/C38H70N3O10PS2.C21H39NO4S2/c1-27(2)36(43)17-20-54-53-19-12-14-37(44)41-24-35(22-31(41)25-48-29(5)6)51-52(46,47)49-26-32-21-34(50-30(7)8)23-40(32)38(45)16-15-33(42)13-10-9-11-18-39-28(3)4;1-15(2)20(23)9-11-28-27-10-7-8-21(24)22-13-19(26-17(5)6)12-18(22)14-25-16(3)4/h27-32,34-35,39H,9-26H2,1-8H3,(H,46,47);15-19H,7-14H2,1-6H3/t31-,32-,34+,35+;18-,19+/m00/s1. The van der Waals surface area contributed by atoms with E-state index in [1.54, 1.807) is 53.0 Å². The molecule has 0 bridgehead atoms. The average Bonchev–Trinajstić information content (AvgIpc) is 4.21. The van der Waals surface area contributed by atoms with Gasteiger partial charge in [-0.05, 0) is 107 Å². The lowest BCUT2D eigenvalue weighted by molar-refractivity contribution is -0.135. The second-order valence-corrected chi connectivity index (χ2v) is 30.7. The highest BCUT2D eigenvalue weighted by Crippen LogP contribution is 2.47. The maximum atomic E-state index is 13.3. The van der Waals surface area contributed by atoms with Crippen LogP contribution in [0.5, 0.6) is 0 Å². The molecule has 2 N–H and O–H groups in total. The minimum absolute atomic E-state index is 0.0439. The molecular weight excluding hydrogens is 1150 g/mol. The first-order valence-electron chi connectivity index (χ1n) is 30.5. The second-order valence-electron chi connectivity index (χ2n) is 23.9. The number of likely N-dealkylation sites (tertiary alicyclic amines) is 3. The van der Waals surface area contributed by atoms with Crippen LogP contribution in [-0.2, 0) is 61.3 Å². The predicted octanol–water partition coefficient (Wildman–Crippen LogP) is 11.2. The van der Waals surface area contributed by atoms with Crippen LogP contribution in [0.1, 0.15) is 193 Å². The van der Waals surface area contributed by atoms with Gasteiger partial charge >= 0.3 is 7.82 Å². The molecule has 0 aliphatic carbocycles. The van der Waals surface area contributed by atoms with E-state index in [1.165, 1.54) is 0 Å². The van der Waals surface area contributed by atoms with Gasteiger partial charge in [0.05, 0.1) is 80.7 Å². The van der Waals surface area contributed by atoms with Crippen molar-refractivity contribution in [3.63, 3.8) is 0 Å². The second kappa shape index (κ2) is 42.6. The van der Waals surface area contributed by atoms with Gasteiger partial charge in [0, 0.05) is 105 Å². The van der Waals surface area contributed by atoms with Gasteiger partial charge in [0.15, 0.2) is 0 Å². The molecule has 3 aliphatic heterocycles. The Morgan fingerprint density at radius 1 is 0.488 bits per heavy atom. The van der Waals surface area contributed by atoms with Gasteiger partial charge in [0.25, 0.3) is 0 Å². The molecule has 0 spiro atoms. The maximum absolute atomic E-state index is 13.3. The Kier molecular flexibility index (Phi) is 39.9. The molecule has 3 heterocycles. The highest BCUT2D eigenvalue weighted by atomic mass is 33.1. The van der Waals surface area contributed by atoms with E-state index in [4.69, 9.17) is 28.0 Å². The summed E-state index contributed by atoms with van der Waals surface area (Å²) in [5, 5.41) is 3.37. The van der Waals surface area contributed by atoms with E-state index in [2.05, 4.69) is 19.2 Å². The number of hydrogen-bond acceptors (Lipinski definition) is 18. The molecule has 3 saturated heterocycles. The Bertz CT molecular complexity index is 1900. The van der Waals surface area contributed by atoms with E-state index in [-0.39, 0.29) is 122 Å². The molecular formula is C59H109N4O14PS4. The van der Waals surface area contributed by atoms with E-state index in [0.717, 1.165) is 61.7 Å². The number of nitrogens with one attached hydrogen (secondary N) is 1. The number of hydrogen-bond donors (Lipinski definition) is 2. The number of ketones is 3. The van der Waals surface area contributed by atoms with Crippen LogP contribution in [-0.4, -0.2) is 191 Å². The van der Waals surface area contributed by atoms with Gasteiger partial charge < -0.3 is 43.9 Å². The number of carbonyl (C=O) groups excluding carboxylic acids is 6. The summed E-state index contributed by atoms with van der Waals surface area (Å²) in [7, 11) is 2.21. The van der Waals surface area contributed by atoms with Crippen LogP contribution >= 0.6 is 51.0 Å². The van der Waals surface area contributed by atoms with E-state index in [9.17, 15) is 38.2 Å². The summed E-state index contributed by atoms with van der Waals surface area (Å²) in [5.41, 5.74) is 0. The van der Waals surface area contributed by atoms with Crippen LogP contribution in [0.2, 0.25) is 0 Å². The molecule has 1 unspecified atom stereocenters. The number of ether oxygens (including phenoxy) is 4. The normalized spacial score (nSPS) is 21.0. The zero-order valence-electron chi connectivity index (χ0n) is 52.6. The molecule has 478 valence electrons. The van der Waals surface area contributed by atoms with Gasteiger partial charge in [0.2, 0.25) is 17.7 Å². The van der Waals surface area contributed by atoms with E-state index in [0.29, 0.717) is 82.9 Å². The van der Waals surface area contributed by atoms with Crippen molar-refractivity contribution in [3.05, 3.63) is 0 Å². The molecule has 18 nitrogen and oxygen atoms in total. The molecule has 3 fully saturated rings. The molecule has 0 aromatic carbocycles. The van der Waals surface area contributed by atoms with E-state index < -0.39 is 20.0 Å². The molecule has 0 aromatic heterocycles. The van der Waals surface area contributed by atoms with Crippen molar-refractivity contribution in [1.82, 2.24) is 20.0 Å². The zero-order valence-corrected chi connectivity index (χ0v) is 56.7. The van der Waals surface area contributed by atoms with E-state index >= 15 is 0 Å². The first kappa shape index (κ1) is 76.8. The van der Waals surface area contributed by atoms with Gasteiger partial charge in [-0.25, -0.2) is 4.57 Å². The molecule has 23 heteroatoms. The van der Waals surface area contributed by atoms with Crippen molar-refractivity contribution in [3.8, 4) is 0 Å².